The summed E-state index contributed by atoms with van der Waals surface area (Å²) >= 11 is 0. The van der Waals surface area contributed by atoms with Crippen LogP contribution in [0, 0.1) is 5.92 Å². The molecule has 2 aliphatic heterocycles. The number of β-amino-alcohol motifs (C(OH)–C–C–N with tert-alkyl or cyclic N) is 1. The van der Waals surface area contributed by atoms with Crippen LogP contribution in [-0.4, -0.2) is 48.3 Å². The minimum Gasteiger partial charge on any atom is -0.392 e. The van der Waals surface area contributed by atoms with Crippen molar-refractivity contribution >= 4 is 0 Å². The molecule has 16 heavy (non-hydrogen) atoms. The molecule has 3 atom stereocenters. The summed E-state index contributed by atoms with van der Waals surface area (Å²) < 4.78 is 0. The fraction of sp³-hybridized carbons (Fsp3) is 1.00. The van der Waals surface area contributed by atoms with Crippen LogP contribution in [0.3, 0.4) is 0 Å². The molecule has 0 aromatic carbocycles. The van der Waals surface area contributed by atoms with Gasteiger partial charge in [0.15, 0.2) is 0 Å². The Hall–Kier alpha value is -0.120. The smallest absolute Gasteiger partial charge is 0.0664 e. The summed E-state index contributed by atoms with van der Waals surface area (Å²) in [7, 11) is 0. The van der Waals surface area contributed by atoms with E-state index >= 15 is 0 Å². The molecule has 2 heterocycles. The molecule has 3 nitrogen and oxygen atoms in total. The third-order valence-electron chi connectivity index (χ3n) is 4.15. The van der Waals surface area contributed by atoms with Gasteiger partial charge in [-0.1, -0.05) is 6.92 Å². The van der Waals surface area contributed by atoms with Crippen molar-refractivity contribution in [3.05, 3.63) is 0 Å². The third-order valence-corrected chi connectivity index (χ3v) is 4.15. The van der Waals surface area contributed by atoms with Gasteiger partial charge in [-0.2, -0.15) is 0 Å². The first-order chi connectivity index (χ1) is 7.79. The Bertz CT molecular complexity index is 204. The highest BCUT2D eigenvalue weighted by Crippen LogP contribution is 2.24. The summed E-state index contributed by atoms with van der Waals surface area (Å²) in [5, 5.41) is 13.3. The van der Waals surface area contributed by atoms with E-state index in [1.54, 1.807) is 0 Å². The minimum atomic E-state index is -0.129. The molecule has 0 aromatic rings. The highest BCUT2D eigenvalue weighted by atomic mass is 16.3. The van der Waals surface area contributed by atoms with Crippen molar-refractivity contribution in [3.8, 4) is 0 Å². The van der Waals surface area contributed by atoms with Crippen LogP contribution in [-0.2, 0) is 0 Å². The van der Waals surface area contributed by atoms with Gasteiger partial charge in [0.1, 0.15) is 0 Å². The molecule has 0 saturated carbocycles. The Morgan fingerprint density at radius 2 is 2.25 bits per heavy atom. The zero-order chi connectivity index (χ0) is 11.4. The minimum absolute atomic E-state index is 0.129. The van der Waals surface area contributed by atoms with Gasteiger partial charge in [-0.3, -0.25) is 0 Å². The maximum absolute atomic E-state index is 9.70. The van der Waals surface area contributed by atoms with Crippen LogP contribution in [0.1, 0.15) is 39.0 Å². The van der Waals surface area contributed by atoms with Crippen molar-refractivity contribution in [1.82, 2.24) is 10.2 Å². The van der Waals surface area contributed by atoms with E-state index in [0.717, 1.165) is 24.9 Å². The Labute approximate surface area is 99.2 Å². The number of likely N-dealkylation sites (tertiary alicyclic amines) is 1. The van der Waals surface area contributed by atoms with Crippen LogP contribution < -0.4 is 5.32 Å². The van der Waals surface area contributed by atoms with Gasteiger partial charge in [0.05, 0.1) is 6.10 Å². The highest BCUT2D eigenvalue weighted by Gasteiger charge is 2.29. The van der Waals surface area contributed by atoms with Gasteiger partial charge in [-0.05, 0) is 51.1 Å². The van der Waals surface area contributed by atoms with Crippen molar-refractivity contribution in [2.75, 3.05) is 26.2 Å². The highest BCUT2D eigenvalue weighted by molar-refractivity contribution is 4.86. The van der Waals surface area contributed by atoms with E-state index in [1.165, 1.54) is 45.3 Å². The number of hydrogen-bond donors (Lipinski definition) is 2. The average Bonchev–Trinajstić information content (AvgIpc) is 2.83. The molecule has 0 amide bonds. The first-order valence-electron chi connectivity index (χ1n) is 6.93. The van der Waals surface area contributed by atoms with Crippen LogP contribution in [0.5, 0.6) is 0 Å². The molecule has 0 radical (unpaired) electrons. The number of piperidine rings is 1. The fourth-order valence-electron chi connectivity index (χ4n) is 3.13. The van der Waals surface area contributed by atoms with Crippen molar-refractivity contribution in [2.24, 2.45) is 5.92 Å². The van der Waals surface area contributed by atoms with Gasteiger partial charge < -0.3 is 15.3 Å². The van der Waals surface area contributed by atoms with Gasteiger partial charge in [0.2, 0.25) is 0 Å². The summed E-state index contributed by atoms with van der Waals surface area (Å²) in [6.07, 6.45) is 6.13. The van der Waals surface area contributed by atoms with Crippen LogP contribution in [0.25, 0.3) is 0 Å². The van der Waals surface area contributed by atoms with Crippen LogP contribution in [0.15, 0.2) is 0 Å². The summed E-state index contributed by atoms with van der Waals surface area (Å²) in [5.41, 5.74) is 0. The first kappa shape index (κ1) is 12.3. The number of aliphatic hydroxyl groups excluding tert-OH is 1. The molecule has 3 heteroatoms. The number of nitrogens with one attached hydrogen (secondary N) is 1. The number of aliphatic hydroxyl groups is 1. The second kappa shape index (κ2) is 5.99. The van der Waals surface area contributed by atoms with Gasteiger partial charge >= 0.3 is 0 Å². The molecule has 94 valence electrons. The summed E-state index contributed by atoms with van der Waals surface area (Å²) in [4.78, 5) is 2.46. The van der Waals surface area contributed by atoms with Crippen molar-refractivity contribution in [2.45, 2.75) is 51.2 Å². The predicted molar refractivity (Wildman–Crippen MR) is 66.5 cm³/mol. The fourth-order valence-corrected chi connectivity index (χ4v) is 3.13. The standard InChI is InChI=1S/C13H26N2O/c1-2-12(16)10-15-8-4-5-11(9-15)13-6-3-7-14-13/h11-14,16H,2-10H2,1H3. The normalized spacial score (nSPS) is 34.1. The van der Waals surface area contributed by atoms with Gasteiger partial charge in [0.25, 0.3) is 0 Å². The summed E-state index contributed by atoms with van der Waals surface area (Å²) in [5.74, 6) is 0.820. The first-order valence-corrected chi connectivity index (χ1v) is 6.93. The lowest BCUT2D eigenvalue weighted by atomic mass is 9.89. The van der Waals surface area contributed by atoms with Crippen LogP contribution >= 0.6 is 0 Å². The Morgan fingerprint density at radius 1 is 1.38 bits per heavy atom. The van der Waals surface area contributed by atoms with E-state index in [-0.39, 0.29) is 6.10 Å². The second-order valence-electron chi connectivity index (χ2n) is 5.43. The van der Waals surface area contributed by atoms with Gasteiger partial charge in [0, 0.05) is 19.1 Å². The molecule has 0 bridgehead atoms. The van der Waals surface area contributed by atoms with E-state index in [0.29, 0.717) is 0 Å². The second-order valence-corrected chi connectivity index (χ2v) is 5.43. The van der Waals surface area contributed by atoms with Gasteiger partial charge in [-0.25, -0.2) is 0 Å². The van der Waals surface area contributed by atoms with Crippen LogP contribution in [0.2, 0.25) is 0 Å². The number of hydrogen-bond acceptors (Lipinski definition) is 3. The predicted octanol–water partition coefficient (Wildman–Crippen LogP) is 1.22. The average molecular weight is 226 g/mol. The van der Waals surface area contributed by atoms with E-state index in [1.807, 2.05) is 0 Å². The molecular formula is C13H26N2O. The molecule has 2 N–H and O–H groups in total. The van der Waals surface area contributed by atoms with E-state index < -0.39 is 0 Å². The van der Waals surface area contributed by atoms with E-state index in [2.05, 4.69) is 17.1 Å². The molecule has 0 spiro atoms. The Morgan fingerprint density at radius 3 is 2.94 bits per heavy atom. The van der Waals surface area contributed by atoms with Crippen molar-refractivity contribution in [3.63, 3.8) is 0 Å². The monoisotopic (exact) mass is 226 g/mol. The largest absolute Gasteiger partial charge is 0.392 e. The zero-order valence-electron chi connectivity index (χ0n) is 10.5. The molecule has 0 aliphatic carbocycles. The molecule has 3 unspecified atom stereocenters. The number of rotatable bonds is 4. The lowest BCUT2D eigenvalue weighted by Crippen LogP contribution is -2.45. The van der Waals surface area contributed by atoms with Crippen molar-refractivity contribution in [1.29, 1.82) is 0 Å². The zero-order valence-corrected chi connectivity index (χ0v) is 10.5. The van der Waals surface area contributed by atoms with Gasteiger partial charge in [-0.15, -0.1) is 0 Å². The SMILES string of the molecule is CCC(O)CN1CCCC(C2CCCN2)C1. The summed E-state index contributed by atoms with van der Waals surface area (Å²) in [6.45, 7) is 6.51. The molecule has 2 fully saturated rings. The molecule has 0 aromatic heterocycles. The van der Waals surface area contributed by atoms with E-state index in [9.17, 15) is 5.11 Å². The maximum atomic E-state index is 9.70. The molecule has 2 rings (SSSR count). The maximum Gasteiger partial charge on any atom is 0.0664 e. The van der Waals surface area contributed by atoms with Crippen LogP contribution in [0.4, 0.5) is 0 Å². The Kier molecular flexibility index (Phi) is 4.62. The van der Waals surface area contributed by atoms with E-state index in [4.69, 9.17) is 0 Å². The topological polar surface area (TPSA) is 35.5 Å². The molecular weight excluding hydrogens is 200 g/mol. The molecule has 2 saturated heterocycles. The molecule has 2 aliphatic rings. The lowest BCUT2D eigenvalue weighted by molar-refractivity contribution is 0.0753. The van der Waals surface area contributed by atoms with Crippen molar-refractivity contribution < 1.29 is 5.11 Å². The quantitative estimate of drug-likeness (QED) is 0.756. The Balaban J connectivity index is 1.79. The summed E-state index contributed by atoms with van der Waals surface area (Å²) in [6, 6.07) is 0.751. The third kappa shape index (κ3) is 3.19. The number of nitrogens with zero attached hydrogens (tertiary/aromatic N) is 1. The lowest BCUT2D eigenvalue weighted by Gasteiger charge is -2.36.